The lowest BCUT2D eigenvalue weighted by Crippen LogP contribution is -2.20. The van der Waals surface area contributed by atoms with Gasteiger partial charge >= 0.3 is 0 Å². The van der Waals surface area contributed by atoms with E-state index in [9.17, 15) is 0 Å². The molecule has 0 aromatic heterocycles. The standard InChI is InChI=1S/C17H20BrN3/c1-21-8-7-13-9-12(5-6-17(13)21)16(11-19)20-15-4-2-3-14(18)10-15/h2-6,9-10,16,20H,7-8,11,19H2,1H3. The Hall–Kier alpha value is -1.52. The Morgan fingerprint density at radius 3 is 2.90 bits per heavy atom. The molecule has 0 bridgehead atoms. The lowest BCUT2D eigenvalue weighted by Gasteiger charge is -2.20. The molecule has 2 aromatic carbocycles. The van der Waals surface area contributed by atoms with Crippen LogP contribution in [-0.2, 0) is 6.42 Å². The zero-order chi connectivity index (χ0) is 14.8. The van der Waals surface area contributed by atoms with Crippen LogP contribution in [0, 0.1) is 0 Å². The topological polar surface area (TPSA) is 41.3 Å². The Balaban J connectivity index is 1.83. The van der Waals surface area contributed by atoms with Gasteiger partial charge in [0.2, 0.25) is 0 Å². The first-order valence-electron chi connectivity index (χ1n) is 7.23. The molecule has 1 atom stereocenters. The highest BCUT2D eigenvalue weighted by molar-refractivity contribution is 9.10. The molecule has 0 radical (unpaired) electrons. The molecule has 1 aliphatic rings. The number of nitrogens with zero attached hydrogens (tertiary/aromatic N) is 1. The van der Waals surface area contributed by atoms with Crippen molar-refractivity contribution < 1.29 is 0 Å². The smallest absolute Gasteiger partial charge is 0.0636 e. The van der Waals surface area contributed by atoms with Crippen LogP contribution in [0.5, 0.6) is 0 Å². The van der Waals surface area contributed by atoms with Crippen LogP contribution in [0.2, 0.25) is 0 Å². The van der Waals surface area contributed by atoms with Gasteiger partial charge in [-0.25, -0.2) is 0 Å². The number of likely N-dealkylation sites (N-methyl/N-ethyl adjacent to an activating group) is 1. The van der Waals surface area contributed by atoms with E-state index < -0.39 is 0 Å². The summed E-state index contributed by atoms with van der Waals surface area (Å²) in [6.45, 7) is 1.67. The Labute approximate surface area is 134 Å². The van der Waals surface area contributed by atoms with Gasteiger partial charge < -0.3 is 16.0 Å². The van der Waals surface area contributed by atoms with Gasteiger partial charge in [-0.2, -0.15) is 0 Å². The van der Waals surface area contributed by atoms with E-state index >= 15 is 0 Å². The predicted octanol–water partition coefficient (Wildman–Crippen LogP) is 3.55. The number of anilines is 2. The van der Waals surface area contributed by atoms with Crippen molar-refractivity contribution in [2.24, 2.45) is 5.73 Å². The molecule has 21 heavy (non-hydrogen) atoms. The molecule has 0 aliphatic carbocycles. The van der Waals surface area contributed by atoms with Crippen molar-refractivity contribution in [3.63, 3.8) is 0 Å². The van der Waals surface area contributed by atoms with Crippen molar-refractivity contribution in [2.45, 2.75) is 12.5 Å². The summed E-state index contributed by atoms with van der Waals surface area (Å²) in [5.74, 6) is 0. The second kappa shape index (κ2) is 6.08. The van der Waals surface area contributed by atoms with Gasteiger partial charge in [0.15, 0.2) is 0 Å². The largest absolute Gasteiger partial charge is 0.377 e. The van der Waals surface area contributed by atoms with Gasteiger partial charge in [0.05, 0.1) is 6.04 Å². The van der Waals surface area contributed by atoms with Crippen molar-refractivity contribution >= 4 is 27.3 Å². The van der Waals surface area contributed by atoms with Gasteiger partial charge in [0.25, 0.3) is 0 Å². The molecule has 1 unspecified atom stereocenters. The second-order valence-electron chi connectivity index (χ2n) is 5.50. The quantitative estimate of drug-likeness (QED) is 0.890. The summed E-state index contributed by atoms with van der Waals surface area (Å²) >= 11 is 3.50. The summed E-state index contributed by atoms with van der Waals surface area (Å²) in [5.41, 5.74) is 11.1. The molecule has 1 heterocycles. The zero-order valence-corrected chi connectivity index (χ0v) is 13.7. The molecule has 1 aliphatic heterocycles. The lowest BCUT2D eigenvalue weighted by molar-refractivity contribution is 0.789. The lowest BCUT2D eigenvalue weighted by atomic mass is 10.0. The maximum absolute atomic E-state index is 5.98. The van der Waals surface area contributed by atoms with Crippen molar-refractivity contribution in [3.05, 3.63) is 58.1 Å². The molecule has 3 N–H and O–H groups in total. The number of nitrogens with two attached hydrogens (primary N) is 1. The monoisotopic (exact) mass is 345 g/mol. The van der Waals surface area contributed by atoms with Crippen molar-refractivity contribution in [1.82, 2.24) is 0 Å². The molecule has 0 saturated heterocycles. The van der Waals surface area contributed by atoms with Gasteiger partial charge in [0, 0.05) is 36.0 Å². The second-order valence-corrected chi connectivity index (χ2v) is 6.42. The average molecular weight is 346 g/mol. The van der Waals surface area contributed by atoms with Gasteiger partial charge in [-0.3, -0.25) is 0 Å². The first kappa shape index (κ1) is 14.4. The predicted molar refractivity (Wildman–Crippen MR) is 93.0 cm³/mol. The number of benzene rings is 2. The van der Waals surface area contributed by atoms with E-state index in [1.807, 2.05) is 12.1 Å². The number of rotatable bonds is 4. The summed E-state index contributed by atoms with van der Waals surface area (Å²) in [5, 5.41) is 3.52. The van der Waals surface area contributed by atoms with E-state index in [1.165, 1.54) is 16.8 Å². The Morgan fingerprint density at radius 1 is 1.29 bits per heavy atom. The minimum Gasteiger partial charge on any atom is -0.377 e. The van der Waals surface area contributed by atoms with Crippen LogP contribution in [0.4, 0.5) is 11.4 Å². The van der Waals surface area contributed by atoms with E-state index in [4.69, 9.17) is 5.73 Å². The third-order valence-corrected chi connectivity index (χ3v) is 4.53. The van der Waals surface area contributed by atoms with Crippen LogP contribution in [0.3, 0.4) is 0 Å². The van der Waals surface area contributed by atoms with Gasteiger partial charge in [-0.05, 0) is 41.8 Å². The average Bonchev–Trinajstić information content (AvgIpc) is 2.86. The van der Waals surface area contributed by atoms with E-state index in [1.54, 1.807) is 0 Å². The fourth-order valence-corrected chi connectivity index (χ4v) is 3.26. The van der Waals surface area contributed by atoms with Gasteiger partial charge in [-0.1, -0.05) is 34.1 Å². The molecule has 0 saturated carbocycles. The number of nitrogens with one attached hydrogen (secondary N) is 1. The Morgan fingerprint density at radius 2 is 2.14 bits per heavy atom. The van der Waals surface area contributed by atoms with Crippen molar-refractivity contribution in [2.75, 3.05) is 30.4 Å². The SMILES string of the molecule is CN1CCc2cc(C(CN)Nc3cccc(Br)c3)ccc21. The van der Waals surface area contributed by atoms with E-state index in [0.717, 1.165) is 23.1 Å². The number of halogens is 1. The molecule has 3 rings (SSSR count). The Bertz CT molecular complexity index is 642. The summed E-state index contributed by atoms with van der Waals surface area (Å²) in [4.78, 5) is 2.30. The summed E-state index contributed by atoms with van der Waals surface area (Å²) in [6, 6.07) is 15.0. The van der Waals surface area contributed by atoms with Crippen molar-refractivity contribution in [1.29, 1.82) is 0 Å². The Kier molecular flexibility index (Phi) is 4.17. The number of hydrogen-bond donors (Lipinski definition) is 2. The minimum atomic E-state index is 0.135. The molecule has 4 heteroatoms. The number of fused-ring (bicyclic) bond motifs is 1. The molecule has 0 spiro atoms. The fraction of sp³-hybridized carbons (Fsp3) is 0.294. The van der Waals surface area contributed by atoms with E-state index in [0.29, 0.717) is 6.54 Å². The maximum Gasteiger partial charge on any atom is 0.0636 e. The third-order valence-electron chi connectivity index (χ3n) is 4.03. The highest BCUT2D eigenvalue weighted by atomic mass is 79.9. The zero-order valence-electron chi connectivity index (χ0n) is 12.1. The van der Waals surface area contributed by atoms with Crippen LogP contribution in [-0.4, -0.2) is 20.1 Å². The van der Waals surface area contributed by atoms with Crippen LogP contribution in [0.25, 0.3) is 0 Å². The van der Waals surface area contributed by atoms with Crippen LogP contribution in [0.15, 0.2) is 46.9 Å². The third kappa shape index (κ3) is 3.06. The summed E-state index contributed by atoms with van der Waals surface area (Å²) in [7, 11) is 2.14. The molecule has 110 valence electrons. The van der Waals surface area contributed by atoms with Crippen LogP contribution in [0.1, 0.15) is 17.2 Å². The van der Waals surface area contributed by atoms with Gasteiger partial charge in [-0.15, -0.1) is 0 Å². The fourth-order valence-electron chi connectivity index (χ4n) is 2.86. The summed E-state index contributed by atoms with van der Waals surface area (Å²) < 4.78 is 1.07. The number of hydrogen-bond acceptors (Lipinski definition) is 3. The van der Waals surface area contributed by atoms with E-state index in [-0.39, 0.29) is 6.04 Å². The molecular weight excluding hydrogens is 326 g/mol. The molecular formula is C17H20BrN3. The first-order chi connectivity index (χ1) is 10.2. The normalized spacial score (nSPS) is 14.9. The summed E-state index contributed by atoms with van der Waals surface area (Å²) in [6.07, 6.45) is 1.12. The van der Waals surface area contributed by atoms with Crippen molar-refractivity contribution in [3.8, 4) is 0 Å². The molecule has 0 amide bonds. The minimum absolute atomic E-state index is 0.135. The van der Waals surface area contributed by atoms with Gasteiger partial charge in [0.1, 0.15) is 0 Å². The molecule has 3 nitrogen and oxygen atoms in total. The van der Waals surface area contributed by atoms with Crippen LogP contribution >= 0.6 is 15.9 Å². The highest BCUT2D eigenvalue weighted by Gasteiger charge is 2.18. The molecule has 2 aromatic rings. The maximum atomic E-state index is 5.98. The molecule has 0 fully saturated rings. The first-order valence-corrected chi connectivity index (χ1v) is 8.03. The van der Waals surface area contributed by atoms with Crippen LogP contribution < -0.4 is 16.0 Å². The van der Waals surface area contributed by atoms with E-state index in [2.05, 4.69) is 63.5 Å². The highest BCUT2D eigenvalue weighted by Crippen LogP contribution is 2.30.